The quantitative estimate of drug-likeness (QED) is 0.846. The van der Waals surface area contributed by atoms with Crippen molar-refractivity contribution in [2.75, 3.05) is 14.1 Å². The number of carbonyl (C=O) groups excluding carboxylic acids is 1. The lowest BCUT2D eigenvalue weighted by Gasteiger charge is -2.37. The predicted octanol–water partition coefficient (Wildman–Crippen LogP) is 3.33. The molecule has 0 spiro atoms. The van der Waals surface area contributed by atoms with Crippen LogP contribution in [0.5, 0.6) is 0 Å². The minimum atomic E-state index is -0.124. The molecule has 2 aromatic rings. The van der Waals surface area contributed by atoms with Gasteiger partial charge in [-0.15, -0.1) is 0 Å². The summed E-state index contributed by atoms with van der Waals surface area (Å²) in [5, 5.41) is 0. The van der Waals surface area contributed by atoms with Crippen LogP contribution in [-0.2, 0) is 4.79 Å². The smallest absolute Gasteiger partial charge is 0.178 e. The highest BCUT2D eigenvalue weighted by atomic mass is 16.1. The first-order valence-electron chi connectivity index (χ1n) is 6.76. The molecule has 0 radical (unpaired) electrons. The van der Waals surface area contributed by atoms with Crippen molar-refractivity contribution in [3.8, 4) is 0 Å². The largest absolute Gasteiger partial charge is 0.379 e. The molecule has 1 atom stereocenters. The van der Waals surface area contributed by atoms with Gasteiger partial charge in [0.15, 0.2) is 5.78 Å². The van der Waals surface area contributed by atoms with E-state index >= 15 is 0 Å². The number of carbonyl (C=O) groups is 1. The predicted molar refractivity (Wildman–Crippen MR) is 81.2 cm³/mol. The molecule has 0 fully saturated rings. The van der Waals surface area contributed by atoms with Gasteiger partial charge in [0, 0.05) is 25.4 Å². The summed E-state index contributed by atoms with van der Waals surface area (Å²) in [6, 6.07) is 19.9. The van der Waals surface area contributed by atoms with E-state index in [4.69, 9.17) is 0 Å². The van der Waals surface area contributed by atoms with Crippen molar-refractivity contribution in [3.63, 3.8) is 0 Å². The Morgan fingerprint density at radius 2 is 1.40 bits per heavy atom. The average Bonchev–Trinajstić information content (AvgIpc) is 2.46. The van der Waals surface area contributed by atoms with E-state index < -0.39 is 0 Å². The SMILES string of the molecule is CN(C)C1=C(c2ccccc2)C(=O)C1c1ccccc1. The summed E-state index contributed by atoms with van der Waals surface area (Å²) >= 11 is 0. The molecule has 0 aromatic heterocycles. The molecular formula is C18H17NO. The van der Waals surface area contributed by atoms with Gasteiger partial charge in [-0.2, -0.15) is 0 Å². The maximum absolute atomic E-state index is 12.6. The zero-order chi connectivity index (χ0) is 14.1. The molecule has 1 aliphatic rings. The Labute approximate surface area is 119 Å². The van der Waals surface area contributed by atoms with Gasteiger partial charge in [0.1, 0.15) is 0 Å². The van der Waals surface area contributed by atoms with Crippen LogP contribution in [0.15, 0.2) is 66.4 Å². The van der Waals surface area contributed by atoms with Gasteiger partial charge in [0.25, 0.3) is 0 Å². The Balaban J connectivity index is 2.09. The van der Waals surface area contributed by atoms with Crippen molar-refractivity contribution < 1.29 is 4.79 Å². The monoisotopic (exact) mass is 263 g/mol. The molecular weight excluding hydrogens is 246 g/mol. The highest BCUT2D eigenvalue weighted by molar-refractivity contribution is 6.32. The molecule has 0 bridgehead atoms. The number of nitrogens with zero attached hydrogens (tertiary/aromatic N) is 1. The second-order valence-corrected chi connectivity index (χ2v) is 5.23. The summed E-state index contributed by atoms with van der Waals surface area (Å²) in [6.45, 7) is 0. The Morgan fingerprint density at radius 3 is 1.95 bits per heavy atom. The van der Waals surface area contributed by atoms with Gasteiger partial charge in [0.2, 0.25) is 0 Å². The number of allylic oxidation sites excluding steroid dienone is 2. The maximum atomic E-state index is 12.6. The molecule has 0 saturated heterocycles. The third kappa shape index (κ3) is 1.94. The Bertz CT molecular complexity index is 656. The van der Waals surface area contributed by atoms with Gasteiger partial charge in [-0.3, -0.25) is 4.79 Å². The van der Waals surface area contributed by atoms with Crippen LogP contribution in [0.3, 0.4) is 0 Å². The molecule has 0 aliphatic heterocycles. The number of Topliss-reactive ketones (excluding diaryl/α,β-unsaturated/α-hetero) is 1. The molecule has 2 heteroatoms. The van der Waals surface area contributed by atoms with E-state index in [9.17, 15) is 4.79 Å². The van der Waals surface area contributed by atoms with E-state index in [2.05, 4.69) is 4.90 Å². The third-order valence-electron chi connectivity index (χ3n) is 3.72. The summed E-state index contributed by atoms with van der Waals surface area (Å²) in [7, 11) is 4.00. The van der Waals surface area contributed by atoms with Crippen molar-refractivity contribution in [1.29, 1.82) is 0 Å². The Morgan fingerprint density at radius 1 is 0.850 bits per heavy atom. The van der Waals surface area contributed by atoms with Crippen LogP contribution < -0.4 is 0 Å². The molecule has 1 unspecified atom stereocenters. The second kappa shape index (κ2) is 4.97. The maximum Gasteiger partial charge on any atom is 0.178 e. The lowest BCUT2D eigenvalue weighted by molar-refractivity contribution is -0.116. The van der Waals surface area contributed by atoms with Gasteiger partial charge < -0.3 is 4.90 Å². The number of benzene rings is 2. The van der Waals surface area contributed by atoms with E-state index in [0.717, 1.165) is 22.4 Å². The van der Waals surface area contributed by atoms with Crippen molar-refractivity contribution in [3.05, 3.63) is 77.5 Å². The van der Waals surface area contributed by atoms with Gasteiger partial charge in [-0.05, 0) is 11.1 Å². The van der Waals surface area contributed by atoms with Crippen LogP contribution in [0.4, 0.5) is 0 Å². The fraction of sp³-hybridized carbons (Fsp3) is 0.167. The molecule has 1 aliphatic carbocycles. The number of ketones is 1. The number of hydrogen-bond donors (Lipinski definition) is 0. The normalized spacial score (nSPS) is 17.9. The molecule has 100 valence electrons. The van der Waals surface area contributed by atoms with Crippen molar-refractivity contribution in [2.24, 2.45) is 0 Å². The highest BCUT2D eigenvalue weighted by Gasteiger charge is 2.41. The van der Waals surface area contributed by atoms with Gasteiger partial charge in [-0.25, -0.2) is 0 Å². The fourth-order valence-corrected chi connectivity index (χ4v) is 2.79. The van der Waals surface area contributed by atoms with E-state index in [1.165, 1.54) is 0 Å². The van der Waals surface area contributed by atoms with Crippen molar-refractivity contribution in [2.45, 2.75) is 5.92 Å². The second-order valence-electron chi connectivity index (χ2n) is 5.23. The first kappa shape index (κ1) is 12.7. The topological polar surface area (TPSA) is 20.3 Å². The molecule has 2 aromatic carbocycles. The van der Waals surface area contributed by atoms with Crippen LogP contribution in [-0.4, -0.2) is 24.8 Å². The van der Waals surface area contributed by atoms with Crippen LogP contribution in [0.2, 0.25) is 0 Å². The molecule has 20 heavy (non-hydrogen) atoms. The first-order chi connectivity index (χ1) is 9.70. The molecule has 0 amide bonds. The zero-order valence-electron chi connectivity index (χ0n) is 11.7. The molecule has 3 rings (SSSR count). The standard InChI is InChI=1S/C18H17NO/c1-19(2)17-15(13-9-5-3-6-10-13)18(20)16(17)14-11-7-4-8-12-14/h3-12,15H,1-2H3. The van der Waals surface area contributed by atoms with E-state index in [1.807, 2.05) is 74.8 Å². The summed E-state index contributed by atoms with van der Waals surface area (Å²) in [5.74, 6) is 0.0903. The highest BCUT2D eigenvalue weighted by Crippen LogP contribution is 2.44. The Kier molecular flexibility index (Phi) is 3.15. The van der Waals surface area contributed by atoms with Crippen molar-refractivity contribution >= 4 is 11.4 Å². The van der Waals surface area contributed by atoms with Crippen LogP contribution in [0, 0.1) is 0 Å². The molecule has 0 heterocycles. The number of likely N-dealkylation sites (N-methyl/N-ethyl adjacent to an activating group) is 1. The molecule has 0 saturated carbocycles. The van der Waals surface area contributed by atoms with Crippen LogP contribution >= 0.6 is 0 Å². The Hall–Kier alpha value is -2.35. The minimum Gasteiger partial charge on any atom is -0.379 e. The van der Waals surface area contributed by atoms with Gasteiger partial charge in [0.05, 0.1) is 5.92 Å². The third-order valence-corrected chi connectivity index (χ3v) is 3.72. The molecule has 0 N–H and O–H groups in total. The lowest BCUT2D eigenvalue weighted by Crippen LogP contribution is -2.35. The lowest BCUT2D eigenvalue weighted by atomic mass is 9.73. The number of hydrogen-bond acceptors (Lipinski definition) is 2. The summed E-state index contributed by atoms with van der Waals surface area (Å²) in [4.78, 5) is 14.6. The van der Waals surface area contributed by atoms with Crippen LogP contribution in [0.1, 0.15) is 17.0 Å². The van der Waals surface area contributed by atoms with Crippen molar-refractivity contribution in [1.82, 2.24) is 4.90 Å². The van der Waals surface area contributed by atoms with E-state index in [0.29, 0.717) is 0 Å². The summed E-state index contributed by atoms with van der Waals surface area (Å²) in [5.41, 5.74) is 4.03. The van der Waals surface area contributed by atoms with Gasteiger partial charge in [-0.1, -0.05) is 60.7 Å². The summed E-state index contributed by atoms with van der Waals surface area (Å²) < 4.78 is 0. The minimum absolute atomic E-state index is 0.124. The zero-order valence-corrected chi connectivity index (χ0v) is 11.7. The first-order valence-corrected chi connectivity index (χ1v) is 6.76. The number of rotatable bonds is 3. The average molecular weight is 263 g/mol. The van der Waals surface area contributed by atoms with E-state index in [-0.39, 0.29) is 11.7 Å². The summed E-state index contributed by atoms with van der Waals surface area (Å²) in [6.07, 6.45) is 0. The van der Waals surface area contributed by atoms with E-state index in [1.54, 1.807) is 0 Å². The van der Waals surface area contributed by atoms with Crippen LogP contribution in [0.25, 0.3) is 5.57 Å². The fourth-order valence-electron chi connectivity index (χ4n) is 2.79. The molecule has 2 nitrogen and oxygen atoms in total. The van der Waals surface area contributed by atoms with Gasteiger partial charge >= 0.3 is 0 Å².